The van der Waals surface area contributed by atoms with E-state index >= 15 is 0 Å². The number of ether oxygens (including phenoxy) is 7. The van der Waals surface area contributed by atoms with Gasteiger partial charge in [0.2, 0.25) is 5.91 Å². The predicted octanol–water partition coefficient (Wildman–Crippen LogP) is -9.56. The monoisotopic (exact) mass is 721 g/mol. The molecule has 0 aromatic carbocycles. The van der Waals surface area contributed by atoms with Crippen LogP contribution in [0.1, 0.15) is 6.92 Å². The summed E-state index contributed by atoms with van der Waals surface area (Å²) in [5.74, 6) is -0.761. The molecule has 4 aliphatic rings. The number of nitrogens with one attached hydrogen (secondary N) is 1. The van der Waals surface area contributed by atoms with Crippen LogP contribution >= 0.6 is 0 Å². The lowest BCUT2D eigenvalue weighted by atomic mass is 9.93. The molecule has 4 heterocycles. The summed E-state index contributed by atoms with van der Waals surface area (Å²) in [5.41, 5.74) is 0. The third-order valence-corrected chi connectivity index (χ3v) is 8.91. The van der Waals surface area contributed by atoms with Crippen LogP contribution < -0.4 is 5.32 Å². The first kappa shape index (κ1) is 40.4. The van der Waals surface area contributed by atoms with Crippen molar-refractivity contribution in [1.29, 1.82) is 0 Å². The first-order valence-electron chi connectivity index (χ1n) is 15.6. The molecule has 0 bridgehead atoms. The van der Waals surface area contributed by atoms with Gasteiger partial charge in [-0.15, -0.1) is 0 Å². The highest BCUT2D eigenvalue weighted by Gasteiger charge is 2.55. The second-order valence-electron chi connectivity index (χ2n) is 12.2. The molecule has 0 aliphatic carbocycles. The number of rotatable bonds is 12. The van der Waals surface area contributed by atoms with Crippen molar-refractivity contribution in [2.75, 3.05) is 33.0 Å². The zero-order valence-electron chi connectivity index (χ0n) is 26.2. The molecular weight excluding hydrogens is 674 g/mol. The Hall–Kier alpha value is -1.33. The van der Waals surface area contributed by atoms with Crippen molar-refractivity contribution in [1.82, 2.24) is 5.32 Å². The largest absolute Gasteiger partial charge is 0.394 e. The van der Waals surface area contributed by atoms with E-state index in [4.69, 9.17) is 33.2 Å². The molecule has 0 spiro atoms. The Morgan fingerprint density at radius 1 is 0.469 bits per heavy atom. The molecule has 12 unspecified atom stereocenters. The second kappa shape index (κ2) is 17.5. The van der Waals surface area contributed by atoms with Crippen LogP contribution in [0.15, 0.2) is 0 Å². The number of aliphatic hydroxyl groups is 13. The number of aliphatic hydroxyl groups excluding tert-OH is 13. The number of hydrogen-bond donors (Lipinski definition) is 14. The molecule has 0 aromatic heterocycles. The van der Waals surface area contributed by atoms with E-state index in [1.807, 2.05) is 0 Å². The van der Waals surface area contributed by atoms with Gasteiger partial charge in [0.15, 0.2) is 18.9 Å². The van der Waals surface area contributed by atoms with Gasteiger partial charge < -0.3 is 105 Å². The molecule has 49 heavy (non-hydrogen) atoms. The smallest absolute Gasteiger partial charge is 0.217 e. The van der Waals surface area contributed by atoms with Crippen LogP contribution in [0.5, 0.6) is 0 Å². The van der Waals surface area contributed by atoms with E-state index in [0.717, 1.165) is 6.92 Å². The van der Waals surface area contributed by atoms with E-state index in [1.54, 1.807) is 0 Å². The van der Waals surface area contributed by atoms with E-state index in [0.29, 0.717) is 0 Å². The van der Waals surface area contributed by atoms with Crippen LogP contribution in [0, 0.1) is 0 Å². The molecule has 22 nitrogen and oxygen atoms in total. The van der Waals surface area contributed by atoms with Crippen molar-refractivity contribution in [2.45, 2.75) is 129 Å². The molecule has 286 valence electrons. The minimum atomic E-state index is -2.03. The highest BCUT2D eigenvalue weighted by atomic mass is 16.8. The van der Waals surface area contributed by atoms with Gasteiger partial charge in [-0.25, -0.2) is 0 Å². The fraction of sp³-hybridized carbons (Fsp3) is 0.963. The van der Waals surface area contributed by atoms with Crippen LogP contribution in [0.2, 0.25) is 0 Å². The summed E-state index contributed by atoms with van der Waals surface area (Å²) < 4.78 is 39.2. The van der Waals surface area contributed by atoms with E-state index < -0.39 is 162 Å². The Balaban J connectivity index is 1.61. The van der Waals surface area contributed by atoms with Crippen LogP contribution in [-0.2, 0) is 38.0 Å². The topological polar surface area (TPSA) is 357 Å². The average molecular weight is 722 g/mol. The summed E-state index contributed by atoms with van der Waals surface area (Å²) in [4.78, 5) is 12.3. The van der Waals surface area contributed by atoms with E-state index in [9.17, 15) is 71.2 Å². The predicted molar refractivity (Wildman–Crippen MR) is 150 cm³/mol. The normalized spacial score (nSPS) is 49.4. The van der Waals surface area contributed by atoms with Gasteiger partial charge >= 0.3 is 0 Å². The van der Waals surface area contributed by atoms with Gasteiger partial charge in [-0.3, -0.25) is 4.79 Å². The summed E-state index contributed by atoms with van der Waals surface area (Å²) in [6, 6.07) is -1.60. The van der Waals surface area contributed by atoms with Crippen molar-refractivity contribution in [3.63, 3.8) is 0 Å². The van der Waals surface area contributed by atoms with Gasteiger partial charge in [0.25, 0.3) is 0 Å². The Kier molecular flexibility index (Phi) is 14.4. The van der Waals surface area contributed by atoms with Gasteiger partial charge in [0, 0.05) is 6.92 Å². The molecule has 22 heteroatoms. The summed E-state index contributed by atoms with van der Waals surface area (Å²) in [6.45, 7) is -3.06. The maximum absolute atomic E-state index is 12.3. The maximum Gasteiger partial charge on any atom is 0.217 e. The van der Waals surface area contributed by atoms with Crippen molar-refractivity contribution < 1.29 is 104 Å². The number of amides is 1. The van der Waals surface area contributed by atoms with E-state index in [1.165, 1.54) is 0 Å². The first-order valence-corrected chi connectivity index (χ1v) is 15.6. The molecule has 4 fully saturated rings. The van der Waals surface area contributed by atoms with Crippen LogP contribution in [0.3, 0.4) is 0 Å². The molecule has 0 aromatic rings. The highest BCUT2D eigenvalue weighted by Crippen LogP contribution is 2.34. The van der Waals surface area contributed by atoms with Crippen molar-refractivity contribution >= 4 is 5.91 Å². The molecule has 4 rings (SSSR count). The Morgan fingerprint density at radius 2 is 0.878 bits per heavy atom. The Morgan fingerprint density at radius 3 is 1.41 bits per heavy atom. The Labute approximate surface area is 278 Å². The molecule has 0 radical (unpaired) electrons. The van der Waals surface area contributed by atoms with E-state index in [-0.39, 0.29) is 0 Å². The molecule has 1 amide bonds. The zero-order valence-corrected chi connectivity index (χ0v) is 26.2. The molecule has 4 aliphatic heterocycles. The lowest BCUT2D eigenvalue weighted by Gasteiger charge is -2.50. The lowest BCUT2D eigenvalue weighted by molar-refractivity contribution is -0.375. The standard InChI is InChI=1S/C27H47NO21/c1-7(34)28-13-23(48-26-20(41)18(39)14(35)9(3-30)45-26)16(37)10(4-31)44-25(13)49-24-17(38)11(5-32)46-27(21(24)42)47-22-12(6-33)43-8(2-29)15(36)19(22)40/h8-27,29-33,35-42H,2-6H2,1H3,(H,28,34)/t8-,9?,10?,11?,12?,13?,14-,15?,16+,17-,18?,19?,20?,21?,22+,23?,24?,25-,26-,27-/m0/s1. The number of carbonyl (C=O) groups excluding carboxylic acids is 1. The zero-order chi connectivity index (χ0) is 36.3. The first-order chi connectivity index (χ1) is 23.2. The highest BCUT2D eigenvalue weighted by molar-refractivity contribution is 5.73. The van der Waals surface area contributed by atoms with Gasteiger partial charge in [-0.2, -0.15) is 0 Å². The minimum Gasteiger partial charge on any atom is -0.394 e. The van der Waals surface area contributed by atoms with Gasteiger partial charge in [-0.05, 0) is 0 Å². The third kappa shape index (κ3) is 8.50. The van der Waals surface area contributed by atoms with Crippen LogP contribution in [0.25, 0.3) is 0 Å². The van der Waals surface area contributed by atoms with Gasteiger partial charge in [0.05, 0.1) is 33.0 Å². The van der Waals surface area contributed by atoms with E-state index in [2.05, 4.69) is 5.32 Å². The van der Waals surface area contributed by atoms with Crippen LogP contribution in [-0.4, -0.2) is 228 Å². The molecule has 14 N–H and O–H groups in total. The Bertz CT molecular complexity index is 1040. The van der Waals surface area contributed by atoms with Gasteiger partial charge in [0.1, 0.15) is 104 Å². The van der Waals surface area contributed by atoms with Gasteiger partial charge in [-0.1, -0.05) is 0 Å². The second-order valence-corrected chi connectivity index (χ2v) is 12.2. The van der Waals surface area contributed by atoms with Crippen molar-refractivity contribution in [3.05, 3.63) is 0 Å². The molecule has 4 saturated heterocycles. The third-order valence-electron chi connectivity index (χ3n) is 8.91. The van der Waals surface area contributed by atoms with Crippen molar-refractivity contribution in [3.8, 4) is 0 Å². The van der Waals surface area contributed by atoms with Crippen molar-refractivity contribution in [2.24, 2.45) is 0 Å². The molecular formula is C27H47NO21. The number of hydrogen-bond acceptors (Lipinski definition) is 21. The summed E-state index contributed by atoms with van der Waals surface area (Å²) >= 11 is 0. The fourth-order valence-electron chi connectivity index (χ4n) is 6.19. The SMILES string of the molecule is CC(=O)NC1C(O[C@@H]2OC(CO)[C@H](O)C(O)C2O)[C@H](O)C(CO)O[C@H]1OC1C(O)[C@H](O[C@@H]2C(CO)O[C@@H](CO)C(O)C2O)OC(CO)[C@@H]1O. The lowest BCUT2D eigenvalue weighted by Crippen LogP contribution is -2.70. The molecule has 20 atom stereocenters. The average Bonchev–Trinajstić information content (AvgIpc) is 3.08. The summed E-state index contributed by atoms with van der Waals surface area (Å²) in [6.07, 6.45) is -32.7. The summed E-state index contributed by atoms with van der Waals surface area (Å²) in [7, 11) is 0. The van der Waals surface area contributed by atoms with Crippen LogP contribution in [0.4, 0.5) is 0 Å². The maximum atomic E-state index is 12.3. The minimum absolute atomic E-state index is 0.722. The number of carbonyl (C=O) groups is 1. The fourth-order valence-corrected chi connectivity index (χ4v) is 6.19. The molecule has 0 saturated carbocycles. The summed E-state index contributed by atoms with van der Waals surface area (Å²) in [5, 5.41) is 136. The quantitative estimate of drug-likeness (QED) is 0.0889.